The van der Waals surface area contributed by atoms with Gasteiger partial charge in [0.25, 0.3) is 0 Å². The number of hydrogen-bond acceptors (Lipinski definition) is 31. The lowest BCUT2D eigenvalue weighted by molar-refractivity contribution is -0.378. The Bertz CT molecular complexity index is 3190. The molecule has 4 saturated carbocycles. The first kappa shape index (κ1) is 78.8. The summed E-state index contributed by atoms with van der Waals surface area (Å²) in [5, 5.41) is 178. The van der Waals surface area contributed by atoms with Gasteiger partial charge in [-0.15, -0.1) is 0 Å². The van der Waals surface area contributed by atoms with E-state index in [-0.39, 0.29) is 50.0 Å². The third-order valence-corrected chi connectivity index (χ3v) is 25.2. The molecule has 0 aromatic heterocycles. The zero-order valence-corrected chi connectivity index (χ0v) is 58.6. The lowest BCUT2D eigenvalue weighted by Crippen LogP contribution is -2.71. The molecular weight excluding hydrogens is 1350 g/mol. The Morgan fingerprint density at radius 2 is 1.16 bits per heavy atom. The lowest BCUT2D eigenvalue weighted by atomic mass is 9.33. The van der Waals surface area contributed by atoms with E-state index in [0.29, 0.717) is 42.7 Å². The highest BCUT2D eigenvalue weighted by atomic mass is 16.8. The summed E-state index contributed by atoms with van der Waals surface area (Å²) >= 11 is 0. The number of allylic oxidation sites excluding steroid dienone is 1. The Kier molecular flexibility index (Phi) is 23.2. The van der Waals surface area contributed by atoms with Crippen LogP contribution in [0.4, 0.5) is 0 Å². The van der Waals surface area contributed by atoms with Gasteiger partial charge in [0, 0.05) is 11.5 Å². The molecule has 0 radical (unpaired) electrons. The SMILES string of the molecule is COc1ccc(/C=C/C(=O)O[C@@H]2[C@@H](O)[C@@H](O[C@@H]3O[C@@H](C)[C@H](O[C@@H]4OC[C@@H](O[C@@H]5O[C@H](CO)[C@@H](O)[C@H](O)[C@H]5O)[C@H](O)[C@H]4O)[C@@H](O)[C@H]3O)[C@H](OC(=O)[C@]34CCC(C)(C)C[C@H]3C3=CC[C@@H]5[C@@]6(C)C[C@H](O)[C@H](O[C@@H]7O[C@H](CO)[C@@H](O)[C@H](O)[C@H]7O)[C@](C)(C(=O)O)[C@@H]6CC[C@@]5(C)[C@]3(CO)CC4)O[C@H]2C)cc1OC. The van der Waals surface area contributed by atoms with Gasteiger partial charge < -0.3 is 143 Å². The fourth-order valence-corrected chi connectivity index (χ4v) is 19.3. The molecule has 9 fully saturated rings. The molecule has 0 unspecified atom stereocenters. The van der Waals surface area contributed by atoms with Crippen LogP contribution in [-0.2, 0) is 66.5 Å². The number of aliphatic carboxylic acids is 1. The highest BCUT2D eigenvalue weighted by Gasteiger charge is 2.74. The second kappa shape index (κ2) is 30.1. The maximum atomic E-state index is 15.9. The van der Waals surface area contributed by atoms with Crippen LogP contribution in [0, 0.1) is 50.2 Å². The number of rotatable bonds is 19. The Labute approximate surface area is 589 Å². The van der Waals surface area contributed by atoms with Gasteiger partial charge in [-0.05, 0) is 136 Å². The molecule has 34 atom stereocenters. The Morgan fingerprint density at radius 1 is 0.578 bits per heavy atom. The van der Waals surface area contributed by atoms with Crippen molar-refractivity contribution in [1.29, 1.82) is 0 Å². The number of aliphatic hydroxyl groups excluding tert-OH is 15. The van der Waals surface area contributed by atoms with Gasteiger partial charge in [0.1, 0.15) is 97.7 Å². The number of carboxylic acids is 1. The number of hydrogen-bond donors (Lipinski definition) is 16. The van der Waals surface area contributed by atoms with Crippen LogP contribution in [0.15, 0.2) is 35.9 Å². The molecule has 1 aromatic rings. The van der Waals surface area contributed by atoms with Gasteiger partial charge >= 0.3 is 17.9 Å². The van der Waals surface area contributed by atoms with Crippen LogP contribution in [0.1, 0.15) is 112 Å². The normalized spacial score (nSPS) is 48.6. The number of carbonyl (C=O) groups is 3. The number of methoxy groups -OCH3 is 2. The molecule has 16 N–H and O–H groups in total. The van der Waals surface area contributed by atoms with E-state index in [0.717, 1.165) is 11.6 Å². The molecule has 0 bridgehead atoms. The summed E-state index contributed by atoms with van der Waals surface area (Å²) in [6.45, 7) is 10.1. The summed E-state index contributed by atoms with van der Waals surface area (Å²) in [6.07, 6.45) is -37.1. The smallest absolute Gasteiger partial charge is 0.331 e. The van der Waals surface area contributed by atoms with Crippen molar-refractivity contribution >= 4 is 24.0 Å². The van der Waals surface area contributed by atoms with Crippen molar-refractivity contribution in [2.75, 3.05) is 40.6 Å². The maximum absolute atomic E-state index is 15.9. The largest absolute Gasteiger partial charge is 0.493 e. The van der Waals surface area contributed by atoms with Gasteiger partial charge in [-0.3, -0.25) is 9.59 Å². The number of fused-ring (bicyclic) bond motifs is 7. The predicted molar refractivity (Wildman–Crippen MR) is 344 cm³/mol. The minimum Gasteiger partial charge on any atom is -0.493 e. The topological polar surface area (TPSA) is 495 Å². The van der Waals surface area contributed by atoms with Crippen molar-refractivity contribution in [1.82, 2.24) is 0 Å². The maximum Gasteiger partial charge on any atom is 0.331 e. The number of ether oxygens (including phenoxy) is 13. The molecule has 32 nitrogen and oxygen atoms in total. The van der Waals surface area contributed by atoms with Crippen molar-refractivity contribution in [2.45, 2.75) is 266 Å². The highest BCUT2D eigenvalue weighted by molar-refractivity contribution is 5.87. The van der Waals surface area contributed by atoms with E-state index in [4.69, 9.17) is 61.6 Å². The zero-order chi connectivity index (χ0) is 74.4. The van der Waals surface area contributed by atoms with Crippen LogP contribution in [0.2, 0.25) is 0 Å². The summed E-state index contributed by atoms with van der Waals surface area (Å²) < 4.78 is 76.7. The Balaban J connectivity index is 0.850. The minimum absolute atomic E-state index is 0.00308. The highest BCUT2D eigenvalue weighted by Crippen LogP contribution is 2.76. The first-order chi connectivity index (χ1) is 48.0. The van der Waals surface area contributed by atoms with Crippen LogP contribution in [-0.4, -0.2) is 300 Å². The van der Waals surface area contributed by atoms with E-state index < -0.39 is 236 Å². The van der Waals surface area contributed by atoms with Crippen molar-refractivity contribution in [3.63, 3.8) is 0 Å². The summed E-state index contributed by atoms with van der Waals surface area (Å²) in [4.78, 5) is 43.6. The molecule has 576 valence electrons. The monoisotopic (exact) mass is 1460 g/mol. The Hall–Kier alpha value is -4.25. The molecule has 5 aliphatic heterocycles. The van der Waals surface area contributed by atoms with E-state index in [2.05, 4.69) is 26.8 Å². The summed E-state index contributed by atoms with van der Waals surface area (Å²) in [5.74, 6) is -3.91. The molecule has 5 saturated heterocycles. The Morgan fingerprint density at radius 3 is 1.77 bits per heavy atom. The molecule has 0 spiro atoms. The van der Waals surface area contributed by atoms with E-state index >= 15 is 4.79 Å². The minimum atomic E-state index is -2.08. The number of esters is 2. The van der Waals surface area contributed by atoms with E-state index in [1.165, 1.54) is 41.1 Å². The first-order valence-corrected chi connectivity index (χ1v) is 35.2. The molecule has 1 aromatic carbocycles. The molecule has 11 rings (SSSR count). The van der Waals surface area contributed by atoms with E-state index in [1.54, 1.807) is 18.2 Å². The predicted octanol–water partition coefficient (Wildman–Crippen LogP) is -2.23. The van der Waals surface area contributed by atoms with Crippen molar-refractivity contribution in [2.24, 2.45) is 50.2 Å². The van der Waals surface area contributed by atoms with Crippen LogP contribution in [0.25, 0.3) is 6.08 Å². The molecular formula is C70H104O32. The third-order valence-electron chi connectivity index (χ3n) is 25.2. The molecule has 10 aliphatic rings. The fraction of sp³-hybridized carbons (Fsp3) is 0.814. The van der Waals surface area contributed by atoms with E-state index in [9.17, 15) is 91.3 Å². The van der Waals surface area contributed by atoms with Crippen LogP contribution < -0.4 is 9.47 Å². The van der Waals surface area contributed by atoms with Gasteiger partial charge in [-0.25, -0.2) is 4.79 Å². The van der Waals surface area contributed by atoms with Gasteiger partial charge in [0.2, 0.25) is 6.29 Å². The molecule has 5 aliphatic carbocycles. The molecule has 102 heavy (non-hydrogen) atoms. The zero-order valence-electron chi connectivity index (χ0n) is 58.6. The number of benzene rings is 1. The van der Waals surface area contributed by atoms with Crippen molar-refractivity contribution in [3.05, 3.63) is 41.5 Å². The summed E-state index contributed by atoms with van der Waals surface area (Å²) in [6, 6.07) is 4.88. The lowest BCUT2D eigenvalue weighted by Gasteiger charge is -2.71. The molecule has 5 heterocycles. The van der Waals surface area contributed by atoms with Crippen LogP contribution >= 0.6 is 0 Å². The van der Waals surface area contributed by atoms with Crippen molar-refractivity contribution < 1.29 is 158 Å². The number of aliphatic hydroxyl groups is 15. The van der Waals surface area contributed by atoms with Crippen LogP contribution in [0.3, 0.4) is 0 Å². The third kappa shape index (κ3) is 13.6. The standard InChI is InChI=1S/C70H104O32/c1-29-54(99-58-49(82)45(78)39(27-92-58)97-60-50(83)46(79)43(76)37(25-71)95-60)48(81)52(85)59(93-29)100-56-53(86)55(98-42(75)15-11-31-10-13-35(90-8)36(22-31)91-9)30(2)94-62(56)102-64(89)69-19-18-65(3,4)23-33(69)32-12-14-40-66(5)24-34(74)57(101-61-51(84)47(80)44(77)38(26-72)96-61)68(7,63(87)88)41(66)16-17-67(40,6)70(32,28-73)21-20-69/h10-13,15,22,29-30,33-34,37-41,43-62,71-74,76-86H,14,16-21,23-28H2,1-9H3,(H,87,88)/b15-11+/t29-,30-,33-,34-,37+,38+,39+,40+,41+,43+,44+,45-,46-,47-,48-,49+,50+,51+,52+,53+,54-,55-,56+,57-,58-,59-,60-,61-,62-,66+,67+,68+,69-,70-/m0/s1. The fourth-order valence-electron chi connectivity index (χ4n) is 19.3. The quantitative estimate of drug-likeness (QED) is 0.0302. The first-order valence-electron chi connectivity index (χ1n) is 35.2. The van der Waals surface area contributed by atoms with Gasteiger partial charge in [-0.2, -0.15) is 0 Å². The van der Waals surface area contributed by atoms with E-state index in [1.807, 2.05) is 6.92 Å². The average Bonchev–Trinajstić information content (AvgIpc) is 0.669. The second-order valence-electron chi connectivity index (χ2n) is 31.3. The molecule has 0 amide bonds. The van der Waals surface area contributed by atoms with Gasteiger partial charge in [0.15, 0.2) is 48.9 Å². The summed E-state index contributed by atoms with van der Waals surface area (Å²) in [5.41, 5.74) is -5.03. The number of carbonyl (C=O) groups excluding carboxylic acids is 2. The molecule has 32 heteroatoms. The van der Waals surface area contributed by atoms with Gasteiger partial charge in [0.05, 0.1) is 69.8 Å². The second-order valence-corrected chi connectivity index (χ2v) is 31.3. The summed E-state index contributed by atoms with van der Waals surface area (Å²) in [7, 11) is 2.90. The van der Waals surface area contributed by atoms with Crippen molar-refractivity contribution in [3.8, 4) is 11.5 Å². The van der Waals surface area contributed by atoms with Gasteiger partial charge in [-0.1, -0.05) is 45.4 Å². The average molecular weight is 1460 g/mol. The number of carboxylic acid groups (broad SMARTS) is 1. The van der Waals surface area contributed by atoms with Crippen LogP contribution in [0.5, 0.6) is 11.5 Å².